The second kappa shape index (κ2) is 8.07. The lowest BCUT2D eigenvalue weighted by Gasteiger charge is -2.30. The van der Waals surface area contributed by atoms with Crippen LogP contribution in [0.1, 0.15) is 73.5 Å². The first-order chi connectivity index (χ1) is 15.7. The monoisotopic (exact) mass is 478 g/mol. The molecule has 1 fully saturated rings. The number of hydrogen-bond acceptors (Lipinski definition) is 5. The van der Waals surface area contributed by atoms with E-state index in [0.717, 1.165) is 23.1 Å². The lowest BCUT2D eigenvalue weighted by Crippen LogP contribution is -2.46. The minimum absolute atomic E-state index is 0.262. The number of nitrogens with one attached hydrogen (secondary N) is 1. The largest absolute Gasteiger partial charge is 0.424 e. The summed E-state index contributed by atoms with van der Waals surface area (Å²) in [5.41, 5.74) is -1.27. The van der Waals surface area contributed by atoms with Crippen LogP contribution in [0.5, 0.6) is 0 Å². The number of nitrogens with zero attached hydrogens (tertiary/aromatic N) is 5. The third-order valence-electron chi connectivity index (χ3n) is 6.14. The molecule has 0 saturated heterocycles. The van der Waals surface area contributed by atoms with E-state index in [4.69, 9.17) is 4.98 Å². The highest BCUT2D eigenvalue weighted by Crippen LogP contribution is 2.42. The zero-order valence-corrected chi connectivity index (χ0v) is 19.9. The van der Waals surface area contributed by atoms with Crippen molar-refractivity contribution in [2.24, 2.45) is 7.05 Å². The normalized spacial score (nSPS) is 16.6. The molecule has 1 atom stereocenters. The van der Waals surface area contributed by atoms with E-state index in [9.17, 15) is 23.1 Å². The molecule has 3 aromatic heterocycles. The van der Waals surface area contributed by atoms with Crippen molar-refractivity contribution in [3.05, 3.63) is 41.2 Å². The van der Waals surface area contributed by atoms with Crippen molar-refractivity contribution >= 4 is 16.9 Å². The first kappa shape index (κ1) is 24.2. The number of halogens is 3. The Balaban J connectivity index is 1.65. The third-order valence-corrected chi connectivity index (χ3v) is 6.14. The molecule has 0 aromatic carbocycles. The highest BCUT2D eigenvalue weighted by molar-refractivity contribution is 6.06. The minimum Gasteiger partial charge on any atom is -0.374 e. The summed E-state index contributed by atoms with van der Waals surface area (Å²) in [7, 11) is 1.38. The van der Waals surface area contributed by atoms with Gasteiger partial charge in [0.05, 0.1) is 22.2 Å². The number of pyridine rings is 1. The molecular formula is C23H29F3N6O2. The van der Waals surface area contributed by atoms with Crippen LogP contribution in [0.15, 0.2) is 18.5 Å². The van der Waals surface area contributed by atoms with Gasteiger partial charge < -0.3 is 15.0 Å². The van der Waals surface area contributed by atoms with Gasteiger partial charge in [-0.3, -0.25) is 4.79 Å². The number of hydrogen-bond donors (Lipinski definition) is 2. The maximum atomic E-state index is 13.8. The quantitative estimate of drug-likeness (QED) is 0.563. The molecule has 184 valence electrons. The molecule has 1 unspecified atom stereocenters. The van der Waals surface area contributed by atoms with Crippen LogP contribution in [0.3, 0.4) is 0 Å². The van der Waals surface area contributed by atoms with Gasteiger partial charge >= 0.3 is 6.18 Å². The van der Waals surface area contributed by atoms with Crippen LogP contribution in [-0.2, 0) is 18.2 Å². The average molecular weight is 479 g/mol. The Kier molecular flexibility index (Phi) is 5.74. The lowest BCUT2D eigenvalue weighted by molar-refractivity contribution is -0.272. The summed E-state index contributed by atoms with van der Waals surface area (Å²) < 4.78 is 44.3. The average Bonchev–Trinajstić information content (AvgIpc) is 3.40. The van der Waals surface area contributed by atoms with Crippen molar-refractivity contribution in [1.82, 2.24) is 29.6 Å². The fourth-order valence-corrected chi connectivity index (χ4v) is 4.14. The molecule has 0 aliphatic heterocycles. The predicted octanol–water partition coefficient (Wildman–Crippen LogP) is 3.68. The van der Waals surface area contributed by atoms with Crippen molar-refractivity contribution in [3.8, 4) is 0 Å². The molecule has 4 rings (SSSR count). The topological polar surface area (TPSA) is 97.9 Å². The lowest BCUT2D eigenvalue weighted by atomic mass is 9.97. The van der Waals surface area contributed by atoms with Crippen LogP contribution in [0.4, 0.5) is 13.2 Å². The molecule has 8 nitrogen and oxygen atoms in total. The Bertz CT molecular complexity index is 1240. The molecule has 1 saturated carbocycles. The number of alkyl halides is 3. The Labute approximate surface area is 195 Å². The minimum atomic E-state index is -4.97. The molecule has 0 radical (unpaired) electrons. The molecule has 1 amide bonds. The number of aromatic nitrogens is 5. The second-order valence-corrected chi connectivity index (χ2v) is 9.96. The Morgan fingerprint density at radius 2 is 1.94 bits per heavy atom. The number of aryl methyl sites for hydroxylation is 2. The summed E-state index contributed by atoms with van der Waals surface area (Å²) in [4.78, 5) is 21.7. The van der Waals surface area contributed by atoms with E-state index in [1.807, 2.05) is 20.8 Å². The SMILES string of the molecule is Cc1nn(C(C)(C)C)c2nc(C3CC3)cc(C(=O)NCCC(O)(c3nccn3C)C(F)(F)F)c12. The van der Waals surface area contributed by atoms with Gasteiger partial charge in [0.2, 0.25) is 5.60 Å². The van der Waals surface area contributed by atoms with Crippen LogP contribution in [-0.4, -0.2) is 48.1 Å². The number of rotatable bonds is 6. The Hall–Kier alpha value is -2.95. The zero-order chi connectivity index (χ0) is 25.1. The first-order valence-corrected chi connectivity index (χ1v) is 11.2. The third kappa shape index (κ3) is 4.17. The molecule has 3 heterocycles. The smallest absolute Gasteiger partial charge is 0.374 e. The Morgan fingerprint density at radius 1 is 1.26 bits per heavy atom. The molecule has 0 bridgehead atoms. The Morgan fingerprint density at radius 3 is 2.47 bits per heavy atom. The molecule has 0 spiro atoms. The van der Waals surface area contributed by atoms with Gasteiger partial charge in [-0.25, -0.2) is 14.6 Å². The second-order valence-electron chi connectivity index (χ2n) is 9.96. The first-order valence-electron chi connectivity index (χ1n) is 11.2. The fourth-order valence-electron chi connectivity index (χ4n) is 4.14. The van der Waals surface area contributed by atoms with Crippen molar-refractivity contribution in [2.75, 3.05) is 6.54 Å². The van der Waals surface area contributed by atoms with E-state index in [1.54, 1.807) is 17.7 Å². The summed E-state index contributed by atoms with van der Waals surface area (Å²) in [6.45, 7) is 7.33. The summed E-state index contributed by atoms with van der Waals surface area (Å²) in [5.74, 6) is -0.799. The van der Waals surface area contributed by atoms with Gasteiger partial charge in [0.25, 0.3) is 5.91 Å². The molecule has 1 aliphatic carbocycles. The van der Waals surface area contributed by atoms with Gasteiger partial charge in [0.1, 0.15) is 5.82 Å². The summed E-state index contributed by atoms with van der Waals surface area (Å²) >= 11 is 0. The van der Waals surface area contributed by atoms with E-state index in [0.29, 0.717) is 22.3 Å². The van der Waals surface area contributed by atoms with Crippen LogP contribution < -0.4 is 5.32 Å². The summed E-state index contributed by atoms with van der Waals surface area (Å²) in [5, 5.41) is 18.3. The van der Waals surface area contributed by atoms with E-state index >= 15 is 0 Å². The van der Waals surface area contributed by atoms with Crippen molar-refractivity contribution in [1.29, 1.82) is 0 Å². The molecule has 11 heteroatoms. The number of amides is 1. The number of aliphatic hydroxyl groups is 1. The van der Waals surface area contributed by atoms with E-state index < -0.39 is 36.5 Å². The van der Waals surface area contributed by atoms with Crippen molar-refractivity contribution < 1.29 is 23.1 Å². The summed E-state index contributed by atoms with van der Waals surface area (Å²) in [6, 6.07) is 1.71. The number of carbonyl (C=O) groups excluding carboxylic acids is 1. The van der Waals surface area contributed by atoms with E-state index in [1.165, 1.54) is 19.4 Å². The maximum absolute atomic E-state index is 13.8. The van der Waals surface area contributed by atoms with Gasteiger partial charge in [-0.15, -0.1) is 0 Å². The van der Waals surface area contributed by atoms with Gasteiger partial charge in [-0.05, 0) is 46.6 Å². The molecule has 3 aromatic rings. The van der Waals surface area contributed by atoms with E-state index in [2.05, 4.69) is 15.4 Å². The zero-order valence-electron chi connectivity index (χ0n) is 19.9. The van der Waals surface area contributed by atoms with Crippen LogP contribution >= 0.6 is 0 Å². The van der Waals surface area contributed by atoms with Crippen LogP contribution in [0.2, 0.25) is 0 Å². The molecule has 34 heavy (non-hydrogen) atoms. The van der Waals surface area contributed by atoms with Gasteiger partial charge in [-0.1, -0.05) is 0 Å². The highest BCUT2D eigenvalue weighted by atomic mass is 19.4. The van der Waals surface area contributed by atoms with E-state index in [-0.39, 0.29) is 11.5 Å². The molecular weight excluding hydrogens is 449 g/mol. The standard InChI is InChI=1S/C23H29F3N6O2/c1-13-17-15(12-16(14-6-7-14)29-18(17)32(30-13)21(2,3)4)19(33)27-9-8-22(34,23(24,25)26)20-28-10-11-31(20)5/h10-12,14,34H,6-9H2,1-5H3,(H,27,33). The van der Waals surface area contributed by atoms with Gasteiger partial charge in [0.15, 0.2) is 5.65 Å². The number of imidazole rings is 1. The van der Waals surface area contributed by atoms with Gasteiger partial charge in [0, 0.05) is 44.0 Å². The van der Waals surface area contributed by atoms with Crippen LogP contribution in [0.25, 0.3) is 11.0 Å². The molecule has 2 N–H and O–H groups in total. The maximum Gasteiger partial charge on any atom is 0.424 e. The molecule has 1 aliphatic rings. The van der Waals surface area contributed by atoms with Gasteiger partial charge in [-0.2, -0.15) is 18.3 Å². The number of fused-ring (bicyclic) bond motifs is 1. The van der Waals surface area contributed by atoms with Crippen molar-refractivity contribution in [3.63, 3.8) is 0 Å². The highest BCUT2D eigenvalue weighted by Gasteiger charge is 2.57. The van der Waals surface area contributed by atoms with Crippen molar-refractivity contribution in [2.45, 2.75) is 70.2 Å². The fraction of sp³-hybridized carbons (Fsp3) is 0.565. The summed E-state index contributed by atoms with van der Waals surface area (Å²) in [6.07, 6.45) is -1.28. The van der Waals surface area contributed by atoms with Crippen LogP contribution in [0, 0.1) is 6.92 Å². The predicted molar refractivity (Wildman–Crippen MR) is 119 cm³/mol. The number of carbonyl (C=O) groups is 1.